The molecule has 0 fully saturated rings. The molecule has 0 unspecified atom stereocenters. The van der Waals surface area contributed by atoms with Crippen LogP contribution in [0.2, 0.25) is 0 Å². The Morgan fingerprint density at radius 2 is 1.50 bits per heavy atom. The molecule has 174 valence electrons. The Morgan fingerprint density at radius 3 is 2.14 bits per heavy atom. The summed E-state index contributed by atoms with van der Waals surface area (Å²) in [6.07, 6.45) is 3.52. The Morgan fingerprint density at radius 1 is 0.889 bits per heavy atom. The first-order valence-corrected chi connectivity index (χ1v) is 12.0. The van der Waals surface area contributed by atoms with Crippen LogP contribution in [0, 0.1) is 0 Å². The Balaban J connectivity index is 1.53. The van der Waals surface area contributed by atoms with Crippen molar-refractivity contribution in [3.05, 3.63) is 136 Å². The van der Waals surface area contributed by atoms with Crippen molar-refractivity contribution < 1.29 is 4.74 Å². The van der Waals surface area contributed by atoms with Crippen LogP contribution in [0.5, 0.6) is 5.75 Å². The van der Waals surface area contributed by atoms with E-state index >= 15 is 0 Å². The zero-order valence-corrected chi connectivity index (χ0v) is 19.7. The van der Waals surface area contributed by atoms with Gasteiger partial charge in [-0.05, 0) is 22.3 Å². The summed E-state index contributed by atoms with van der Waals surface area (Å²) in [6, 6.07) is 32.3. The summed E-state index contributed by atoms with van der Waals surface area (Å²) in [4.78, 5) is 17.7. The fourth-order valence-corrected chi connectivity index (χ4v) is 5.16. The van der Waals surface area contributed by atoms with Crippen LogP contribution >= 0.6 is 0 Å². The molecule has 6 heteroatoms. The molecule has 2 aromatic heterocycles. The van der Waals surface area contributed by atoms with E-state index in [-0.39, 0.29) is 29.7 Å². The largest absolute Gasteiger partial charge is 0.483 e. The maximum absolute atomic E-state index is 13.1. The quantitative estimate of drug-likeness (QED) is 0.345. The summed E-state index contributed by atoms with van der Waals surface area (Å²) in [5.41, 5.74) is 4.40. The van der Waals surface area contributed by atoms with Gasteiger partial charge in [0.05, 0.1) is 6.04 Å². The summed E-state index contributed by atoms with van der Waals surface area (Å²) < 4.78 is 10.3. The van der Waals surface area contributed by atoms with E-state index in [9.17, 15) is 4.79 Å². The lowest BCUT2D eigenvalue weighted by atomic mass is 9.83. The van der Waals surface area contributed by atoms with Crippen molar-refractivity contribution >= 4 is 13.4 Å². The van der Waals surface area contributed by atoms with Crippen LogP contribution in [0.4, 0.5) is 0 Å². The van der Waals surface area contributed by atoms with Gasteiger partial charge in [0, 0.05) is 30.9 Å². The smallest absolute Gasteiger partial charge is 0.224 e. The first-order valence-electron chi connectivity index (χ1n) is 12.0. The van der Waals surface area contributed by atoms with Gasteiger partial charge >= 0.3 is 0 Å². The zero-order valence-electron chi connectivity index (χ0n) is 19.7. The van der Waals surface area contributed by atoms with Gasteiger partial charge in [-0.2, -0.15) is 0 Å². The van der Waals surface area contributed by atoms with Gasteiger partial charge in [0.25, 0.3) is 0 Å². The van der Waals surface area contributed by atoms with Gasteiger partial charge in [-0.15, -0.1) is 0 Å². The molecule has 0 spiro atoms. The van der Waals surface area contributed by atoms with Crippen LogP contribution in [0.1, 0.15) is 28.7 Å². The highest BCUT2D eigenvalue weighted by Gasteiger charge is 2.35. The molecule has 0 amide bonds. The van der Waals surface area contributed by atoms with Gasteiger partial charge in [0.1, 0.15) is 20.1 Å². The first-order chi connectivity index (χ1) is 17.7. The van der Waals surface area contributed by atoms with Crippen LogP contribution in [-0.4, -0.2) is 22.0 Å². The summed E-state index contributed by atoms with van der Waals surface area (Å²) in [5.74, 6) is 0.952. The van der Waals surface area contributed by atoms with E-state index < -0.39 is 0 Å². The predicted molar refractivity (Wildman–Crippen MR) is 142 cm³/mol. The number of fused-ring (bicyclic) bond motifs is 3. The summed E-state index contributed by atoms with van der Waals surface area (Å²) in [7, 11) is 6.38. The van der Waals surface area contributed by atoms with Gasteiger partial charge < -0.3 is 13.9 Å². The normalized spacial score (nSPS) is 14.3. The molecule has 0 saturated heterocycles. The van der Waals surface area contributed by atoms with E-state index in [1.54, 1.807) is 12.3 Å². The molecule has 6 rings (SSSR count). The average Bonchev–Trinajstić information content (AvgIpc) is 3.30. The number of nitrogens with zero attached hydrogens (tertiary/aromatic N) is 3. The summed E-state index contributed by atoms with van der Waals surface area (Å²) in [6.45, 7) is 0.901. The second-order valence-electron chi connectivity index (χ2n) is 9.02. The molecular formula is C30H24BN3O2. The van der Waals surface area contributed by atoms with Crippen LogP contribution in [-0.2, 0) is 13.2 Å². The van der Waals surface area contributed by atoms with Crippen molar-refractivity contribution in [1.82, 2.24) is 14.1 Å². The van der Waals surface area contributed by atoms with Crippen molar-refractivity contribution in [2.45, 2.75) is 25.1 Å². The van der Waals surface area contributed by atoms with Crippen LogP contribution in [0.25, 0.3) is 11.5 Å². The molecule has 0 N–H and O–H groups in total. The van der Waals surface area contributed by atoms with Crippen molar-refractivity contribution in [2.75, 3.05) is 0 Å². The molecule has 36 heavy (non-hydrogen) atoms. The van der Waals surface area contributed by atoms with E-state index in [1.165, 1.54) is 11.1 Å². The molecule has 3 heterocycles. The highest BCUT2D eigenvalue weighted by Crippen LogP contribution is 2.42. The Bertz CT molecular complexity index is 1510. The minimum absolute atomic E-state index is 0.0191. The van der Waals surface area contributed by atoms with E-state index in [1.807, 2.05) is 53.2 Å². The topological polar surface area (TPSA) is 49.0 Å². The Hall–Kier alpha value is -4.32. The van der Waals surface area contributed by atoms with Gasteiger partial charge in [-0.1, -0.05) is 91.0 Å². The van der Waals surface area contributed by atoms with Crippen molar-refractivity contribution in [2.24, 2.45) is 0 Å². The minimum atomic E-state index is -0.179. The van der Waals surface area contributed by atoms with Gasteiger partial charge in [0.2, 0.25) is 5.43 Å². The molecule has 1 atom stereocenters. The number of hydrogen-bond acceptors (Lipinski definition) is 3. The van der Waals surface area contributed by atoms with Crippen LogP contribution < -0.4 is 15.8 Å². The fraction of sp³-hybridized carbons (Fsp3) is 0.133. The number of pyridine rings is 1. The second-order valence-corrected chi connectivity index (χ2v) is 9.02. The maximum atomic E-state index is 13.1. The molecule has 2 radical (unpaired) electrons. The number of ether oxygens (including phenoxy) is 1. The molecule has 3 aromatic carbocycles. The monoisotopic (exact) mass is 469 g/mol. The third-order valence-electron chi connectivity index (χ3n) is 6.84. The Labute approximate surface area is 211 Å². The number of benzene rings is 3. The number of aromatic nitrogens is 3. The number of hydrogen-bond donors (Lipinski definition) is 0. The first kappa shape index (κ1) is 22.2. The predicted octanol–water partition coefficient (Wildman–Crippen LogP) is 4.47. The lowest BCUT2D eigenvalue weighted by Gasteiger charge is -2.37. The van der Waals surface area contributed by atoms with Crippen molar-refractivity contribution in [1.29, 1.82) is 0 Å². The Kier molecular flexibility index (Phi) is 5.78. The maximum Gasteiger partial charge on any atom is 0.224 e. The van der Waals surface area contributed by atoms with Gasteiger partial charge in [-0.3, -0.25) is 4.79 Å². The SMILES string of the molecule is [B]c1cnc2n1C[C@H](C(c1ccccc1)c1ccccc1)n1ccc(=O)c(OCc3ccccc3)c1-2. The van der Waals surface area contributed by atoms with E-state index in [0.29, 0.717) is 23.7 Å². The third kappa shape index (κ3) is 3.95. The van der Waals surface area contributed by atoms with Gasteiger partial charge in [0.15, 0.2) is 11.6 Å². The fourth-order valence-electron chi connectivity index (χ4n) is 5.16. The lowest BCUT2D eigenvalue weighted by molar-refractivity contribution is 0.294. The molecule has 1 aliphatic heterocycles. The highest BCUT2D eigenvalue weighted by atomic mass is 16.5. The van der Waals surface area contributed by atoms with Crippen molar-refractivity contribution in [3.63, 3.8) is 0 Å². The molecule has 5 aromatic rings. The van der Waals surface area contributed by atoms with Gasteiger partial charge in [-0.25, -0.2) is 4.98 Å². The zero-order chi connectivity index (χ0) is 24.5. The molecule has 0 aliphatic carbocycles. The molecule has 5 nitrogen and oxygen atoms in total. The molecule has 1 aliphatic rings. The summed E-state index contributed by atoms with van der Waals surface area (Å²) >= 11 is 0. The standard InChI is InChI=1S/C30H24BN3O2/c31-26-18-32-30-28-29(36-20-21-10-4-1-5-11-21)25(35)16-17-33(28)24(19-34(26)30)27(22-12-6-2-7-13-22)23-14-8-3-9-15-23/h1-18,24,27H,19-20H2/t24-/m1/s1. The number of rotatable bonds is 6. The molecular weight excluding hydrogens is 445 g/mol. The van der Waals surface area contributed by atoms with Crippen LogP contribution in [0.3, 0.4) is 0 Å². The summed E-state index contributed by atoms with van der Waals surface area (Å²) in [5, 5.41) is 0. The minimum Gasteiger partial charge on any atom is -0.483 e. The highest BCUT2D eigenvalue weighted by molar-refractivity contribution is 6.31. The number of imidazole rings is 1. The molecule has 0 bridgehead atoms. The van der Waals surface area contributed by atoms with Crippen molar-refractivity contribution in [3.8, 4) is 17.3 Å². The molecule has 0 saturated carbocycles. The van der Waals surface area contributed by atoms with E-state index in [2.05, 4.69) is 58.1 Å². The van der Waals surface area contributed by atoms with E-state index in [0.717, 1.165) is 5.56 Å². The lowest BCUT2D eigenvalue weighted by Crippen LogP contribution is -2.34. The van der Waals surface area contributed by atoms with Crippen LogP contribution in [0.15, 0.2) is 114 Å². The average molecular weight is 469 g/mol. The van der Waals surface area contributed by atoms with E-state index in [4.69, 9.17) is 12.6 Å². The third-order valence-corrected chi connectivity index (χ3v) is 6.84. The second kappa shape index (κ2) is 9.38.